The number of benzene rings is 1. The van der Waals surface area contributed by atoms with Crippen molar-refractivity contribution >= 4 is 44.9 Å². The van der Waals surface area contributed by atoms with Crippen molar-refractivity contribution in [2.24, 2.45) is 7.05 Å². The van der Waals surface area contributed by atoms with Crippen LogP contribution < -0.4 is 10.9 Å². The van der Waals surface area contributed by atoms with E-state index in [1.54, 1.807) is 42.6 Å². The fourth-order valence-corrected chi connectivity index (χ4v) is 5.48. The molecule has 6 nitrogen and oxygen atoms in total. The van der Waals surface area contributed by atoms with Crippen LogP contribution >= 0.6 is 23.1 Å². The molecule has 0 spiro atoms. The molecule has 2 heterocycles. The van der Waals surface area contributed by atoms with E-state index in [2.05, 4.69) is 16.4 Å². The number of aryl methyl sites for hydroxylation is 2. The quantitative estimate of drug-likeness (QED) is 0.526. The van der Waals surface area contributed by atoms with Gasteiger partial charge >= 0.3 is 0 Å². The summed E-state index contributed by atoms with van der Waals surface area (Å²) in [5, 5.41) is 13.1. The van der Waals surface area contributed by atoms with Crippen molar-refractivity contribution in [1.82, 2.24) is 9.55 Å². The molecule has 0 saturated carbocycles. The van der Waals surface area contributed by atoms with Crippen molar-refractivity contribution in [1.29, 1.82) is 5.26 Å². The lowest BCUT2D eigenvalue weighted by molar-refractivity contribution is -0.113. The minimum absolute atomic E-state index is 0.0397. The van der Waals surface area contributed by atoms with Gasteiger partial charge in [-0.1, -0.05) is 23.9 Å². The Labute approximate surface area is 170 Å². The molecular formula is C20H18N4O2S2. The van der Waals surface area contributed by atoms with Crippen LogP contribution in [0.3, 0.4) is 0 Å². The lowest BCUT2D eigenvalue weighted by Gasteiger charge is -2.11. The number of nitrogens with zero attached hydrogens (tertiary/aromatic N) is 3. The largest absolute Gasteiger partial charge is 0.324 e. The summed E-state index contributed by atoms with van der Waals surface area (Å²) in [5.41, 5.74) is 2.03. The third-order valence-electron chi connectivity index (χ3n) is 4.81. The molecule has 1 amide bonds. The van der Waals surface area contributed by atoms with E-state index in [4.69, 9.17) is 5.26 Å². The highest BCUT2D eigenvalue weighted by Crippen LogP contribution is 2.34. The van der Waals surface area contributed by atoms with Crippen LogP contribution in [-0.2, 0) is 24.7 Å². The summed E-state index contributed by atoms with van der Waals surface area (Å²) >= 11 is 2.83. The number of carbonyl (C=O) groups excluding carboxylic acids is 1. The van der Waals surface area contributed by atoms with Crippen molar-refractivity contribution in [2.45, 2.75) is 30.8 Å². The Morgan fingerprint density at radius 1 is 1.36 bits per heavy atom. The van der Waals surface area contributed by atoms with Crippen molar-refractivity contribution in [3.05, 3.63) is 50.6 Å². The summed E-state index contributed by atoms with van der Waals surface area (Å²) < 4.78 is 1.53. The van der Waals surface area contributed by atoms with E-state index in [1.165, 1.54) is 26.8 Å². The van der Waals surface area contributed by atoms with Crippen LogP contribution in [0.25, 0.3) is 10.2 Å². The standard InChI is InChI=1S/C20H18N4O2S2/c1-24-19(26)17-13-7-3-5-9-15(13)28-18(17)23-20(24)27-11-16(25)22-14-8-4-2-6-12(14)10-21/h2,4,6,8H,3,5,7,9,11H2,1H3,(H,22,25). The Balaban J connectivity index is 1.55. The minimum atomic E-state index is -0.243. The van der Waals surface area contributed by atoms with E-state index in [-0.39, 0.29) is 17.2 Å². The van der Waals surface area contributed by atoms with E-state index in [0.29, 0.717) is 16.4 Å². The molecule has 8 heteroatoms. The van der Waals surface area contributed by atoms with Crippen LogP contribution in [0.1, 0.15) is 28.8 Å². The van der Waals surface area contributed by atoms with Gasteiger partial charge in [-0.3, -0.25) is 14.2 Å². The first-order chi connectivity index (χ1) is 13.6. The summed E-state index contributed by atoms with van der Waals surface area (Å²) in [4.78, 5) is 31.9. The number of thioether (sulfide) groups is 1. The van der Waals surface area contributed by atoms with Gasteiger partial charge in [0.25, 0.3) is 5.56 Å². The van der Waals surface area contributed by atoms with Gasteiger partial charge in [0.05, 0.1) is 22.4 Å². The van der Waals surface area contributed by atoms with Gasteiger partial charge in [0, 0.05) is 11.9 Å². The molecule has 4 rings (SSSR count). The van der Waals surface area contributed by atoms with Gasteiger partial charge in [-0.05, 0) is 43.4 Å². The maximum atomic E-state index is 12.9. The Kier molecular flexibility index (Phi) is 5.20. The lowest BCUT2D eigenvalue weighted by Crippen LogP contribution is -2.22. The molecule has 0 aliphatic heterocycles. The number of amides is 1. The maximum absolute atomic E-state index is 12.9. The van der Waals surface area contributed by atoms with Crippen LogP contribution in [0.15, 0.2) is 34.2 Å². The number of fused-ring (bicyclic) bond motifs is 3. The average molecular weight is 411 g/mol. The fraction of sp³-hybridized carbons (Fsp3) is 0.300. The first-order valence-electron chi connectivity index (χ1n) is 9.01. The normalized spacial score (nSPS) is 13.1. The molecule has 0 bridgehead atoms. The van der Waals surface area contributed by atoms with E-state index < -0.39 is 0 Å². The summed E-state index contributed by atoms with van der Waals surface area (Å²) in [5.74, 6) is -0.135. The van der Waals surface area contributed by atoms with Crippen LogP contribution in [0.4, 0.5) is 5.69 Å². The predicted molar refractivity (Wildman–Crippen MR) is 112 cm³/mol. The van der Waals surface area contributed by atoms with Crippen molar-refractivity contribution < 1.29 is 4.79 Å². The van der Waals surface area contributed by atoms with Gasteiger partial charge in [0.1, 0.15) is 10.9 Å². The Morgan fingerprint density at radius 3 is 2.96 bits per heavy atom. The van der Waals surface area contributed by atoms with Crippen molar-refractivity contribution in [3.8, 4) is 6.07 Å². The van der Waals surface area contributed by atoms with Crippen molar-refractivity contribution in [3.63, 3.8) is 0 Å². The predicted octanol–water partition coefficient (Wildman–Crippen LogP) is 3.48. The molecule has 3 aromatic rings. The van der Waals surface area contributed by atoms with E-state index in [9.17, 15) is 9.59 Å². The smallest absolute Gasteiger partial charge is 0.262 e. The highest BCUT2D eigenvalue weighted by Gasteiger charge is 2.21. The maximum Gasteiger partial charge on any atom is 0.262 e. The highest BCUT2D eigenvalue weighted by molar-refractivity contribution is 7.99. The second-order valence-electron chi connectivity index (χ2n) is 6.64. The Morgan fingerprint density at radius 2 is 2.14 bits per heavy atom. The van der Waals surface area contributed by atoms with E-state index >= 15 is 0 Å². The molecule has 0 unspecified atom stereocenters. The van der Waals surface area contributed by atoms with E-state index in [1.807, 2.05) is 0 Å². The van der Waals surface area contributed by atoms with Gasteiger partial charge in [0.2, 0.25) is 5.91 Å². The number of aromatic nitrogens is 2. The third-order valence-corrected chi connectivity index (χ3v) is 7.02. The number of thiophene rings is 1. The zero-order chi connectivity index (χ0) is 19.7. The molecule has 2 aromatic heterocycles. The minimum Gasteiger partial charge on any atom is -0.324 e. The summed E-state index contributed by atoms with van der Waals surface area (Å²) in [6.07, 6.45) is 4.23. The zero-order valence-corrected chi connectivity index (χ0v) is 17.0. The van der Waals surface area contributed by atoms with Gasteiger partial charge in [0.15, 0.2) is 5.16 Å². The second kappa shape index (κ2) is 7.78. The number of anilines is 1. The molecule has 0 fully saturated rings. The van der Waals surface area contributed by atoms with Crippen molar-refractivity contribution in [2.75, 3.05) is 11.1 Å². The third kappa shape index (κ3) is 3.43. The first kappa shape index (κ1) is 18.7. The molecular weight excluding hydrogens is 392 g/mol. The fourth-order valence-electron chi connectivity index (χ4n) is 3.40. The second-order valence-corrected chi connectivity index (χ2v) is 8.67. The molecule has 0 radical (unpaired) electrons. The number of carbonyl (C=O) groups is 1. The molecule has 1 N–H and O–H groups in total. The summed E-state index contributed by atoms with van der Waals surface area (Å²) in [7, 11) is 1.70. The topological polar surface area (TPSA) is 87.8 Å². The molecule has 1 aromatic carbocycles. The Hall–Kier alpha value is -2.63. The molecule has 1 aliphatic rings. The average Bonchev–Trinajstić information content (AvgIpc) is 3.08. The number of para-hydroxylation sites is 1. The number of nitriles is 1. The molecule has 1 aliphatic carbocycles. The van der Waals surface area contributed by atoms with Gasteiger partial charge in [-0.2, -0.15) is 5.26 Å². The van der Waals surface area contributed by atoms with Gasteiger partial charge in [-0.25, -0.2) is 4.98 Å². The first-order valence-corrected chi connectivity index (χ1v) is 10.8. The Bertz CT molecular complexity index is 1170. The summed E-state index contributed by atoms with van der Waals surface area (Å²) in [6, 6.07) is 8.92. The van der Waals surface area contributed by atoms with Crippen LogP contribution in [0, 0.1) is 11.3 Å². The van der Waals surface area contributed by atoms with Gasteiger partial charge in [-0.15, -0.1) is 11.3 Å². The van der Waals surface area contributed by atoms with Crippen LogP contribution in [0.2, 0.25) is 0 Å². The monoisotopic (exact) mass is 410 g/mol. The number of rotatable bonds is 4. The highest BCUT2D eigenvalue weighted by atomic mass is 32.2. The van der Waals surface area contributed by atoms with Crippen LogP contribution in [-0.4, -0.2) is 21.2 Å². The summed E-state index contributed by atoms with van der Waals surface area (Å²) in [6.45, 7) is 0. The number of nitrogens with one attached hydrogen (secondary N) is 1. The number of hydrogen-bond donors (Lipinski definition) is 1. The SMILES string of the molecule is Cn1c(SCC(=O)Nc2ccccc2C#N)nc2sc3c(c2c1=O)CCCC3. The number of hydrogen-bond acceptors (Lipinski definition) is 6. The molecule has 142 valence electrons. The van der Waals surface area contributed by atoms with Gasteiger partial charge < -0.3 is 5.32 Å². The molecule has 28 heavy (non-hydrogen) atoms. The van der Waals surface area contributed by atoms with E-state index in [0.717, 1.165) is 35.9 Å². The molecule has 0 atom stereocenters. The lowest BCUT2D eigenvalue weighted by atomic mass is 9.97. The van der Waals surface area contributed by atoms with Crippen LogP contribution in [0.5, 0.6) is 0 Å². The molecule has 0 saturated heterocycles. The zero-order valence-electron chi connectivity index (χ0n) is 15.3.